The van der Waals surface area contributed by atoms with Gasteiger partial charge in [-0.15, -0.1) is 0 Å². The van der Waals surface area contributed by atoms with Gasteiger partial charge in [-0.25, -0.2) is 4.68 Å². The summed E-state index contributed by atoms with van der Waals surface area (Å²) in [7, 11) is 0. The van der Waals surface area contributed by atoms with Crippen molar-refractivity contribution in [3.8, 4) is 5.69 Å². The second kappa shape index (κ2) is 5.41. The number of hydrogen-bond donors (Lipinski definition) is 1. The summed E-state index contributed by atoms with van der Waals surface area (Å²) in [6.07, 6.45) is 4.69. The topological polar surface area (TPSA) is 29.9 Å². The number of nitrogens with zero attached hydrogens (tertiary/aromatic N) is 2. The lowest BCUT2D eigenvalue weighted by molar-refractivity contribution is 0.586. The number of nitrogens with one attached hydrogen (secondary N) is 1. The van der Waals surface area contributed by atoms with E-state index in [9.17, 15) is 0 Å². The molecule has 0 spiro atoms. The van der Waals surface area contributed by atoms with Gasteiger partial charge in [0.05, 0.1) is 11.4 Å². The van der Waals surface area contributed by atoms with Gasteiger partial charge in [0.2, 0.25) is 0 Å². The zero-order chi connectivity index (χ0) is 14.1. The Morgan fingerprint density at radius 2 is 2.10 bits per heavy atom. The van der Waals surface area contributed by atoms with Crippen LogP contribution in [-0.2, 0) is 6.54 Å². The van der Waals surface area contributed by atoms with Crippen LogP contribution in [0.25, 0.3) is 5.69 Å². The molecule has 0 saturated heterocycles. The maximum Gasteiger partial charge on any atom is 0.0690 e. The Balaban J connectivity index is 1.89. The lowest BCUT2D eigenvalue weighted by Gasteiger charge is -2.13. The van der Waals surface area contributed by atoms with Gasteiger partial charge in [0, 0.05) is 24.7 Å². The predicted octanol–water partition coefficient (Wildman–Crippen LogP) is 3.56. The Morgan fingerprint density at radius 3 is 2.80 bits per heavy atom. The fourth-order valence-corrected chi connectivity index (χ4v) is 2.46. The Bertz CT molecular complexity index is 594. The maximum absolute atomic E-state index is 4.75. The van der Waals surface area contributed by atoms with Gasteiger partial charge in [0.1, 0.15) is 0 Å². The van der Waals surface area contributed by atoms with E-state index in [1.54, 1.807) is 0 Å². The second-order valence-corrected chi connectivity index (χ2v) is 6.13. The van der Waals surface area contributed by atoms with Crippen LogP contribution in [0.5, 0.6) is 0 Å². The molecule has 3 heteroatoms. The molecule has 20 heavy (non-hydrogen) atoms. The third-order valence-electron chi connectivity index (χ3n) is 3.79. The quantitative estimate of drug-likeness (QED) is 0.899. The van der Waals surface area contributed by atoms with Crippen molar-refractivity contribution >= 4 is 0 Å². The van der Waals surface area contributed by atoms with Crippen LogP contribution in [0.15, 0.2) is 30.5 Å². The molecule has 0 aliphatic heterocycles. The molecule has 0 unspecified atom stereocenters. The van der Waals surface area contributed by atoms with Crippen LogP contribution in [0.1, 0.15) is 49.4 Å². The molecule has 1 fully saturated rings. The largest absolute Gasteiger partial charge is 0.310 e. The zero-order valence-electron chi connectivity index (χ0n) is 12.6. The fourth-order valence-electron chi connectivity index (χ4n) is 2.46. The number of benzene rings is 1. The van der Waals surface area contributed by atoms with Crippen LogP contribution in [0, 0.1) is 6.92 Å². The highest BCUT2D eigenvalue weighted by atomic mass is 15.3. The number of aromatic nitrogens is 2. The van der Waals surface area contributed by atoms with E-state index in [1.807, 2.05) is 4.68 Å². The van der Waals surface area contributed by atoms with Crippen molar-refractivity contribution in [1.82, 2.24) is 15.1 Å². The molecule has 1 aliphatic carbocycles. The highest BCUT2D eigenvalue weighted by Gasteiger charge is 2.26. The van der Waals surface area contributed by atoms with Crippen molar-refractivity contribution in [1.29, 1.82) is 0 Å². The Morgan fingerprint density at radius 1 is 1.30 bits per heavy atom. The molecule has 0 bridgehead atoms. The predicted molar refractivity (Wildman–Crippen MR) is 82.3 cm³/mol. The molecule has 3 nitrogen and oxygen atoms in total. The van der Waals surface area contributed by atoms with Gasteiger partial charge in [-0.3, -0.25) is 0 Å². The Kier molecular flexibility index (Phi) is 3.62. The van der Waals surface area contributed by atoms with Crippen molar-refractivity contribution in [2.75, 3.05) is 0 Å². The molecule has 2 aromatic rings. The van der Waals surface area contributed by atoms with Gasteiger partial charge in [0.25, 0.3) is 0 Å². The molecule has 1 aromatic heterocycles. The molecule has 3 rings (SSSR count). The minimum atomic E-state index is 0.489. The molecular formula is C17H23N3. The standard InChI is InChI=1S/C17H23N3/c1-12(2)18-11-15-10-13(3)4-7-17(15)20-9-8-16(19-20)14-5-6-14/h4,7-10,12,14,18H,5-6,11H2,1-3H3. The number of hydrogen-bond acceptors (Lipinski definition) is 2. The van der Waals surface area contributed by atoms with Gasteiger partial charge in [-0.2, -0.15) is 5.10 Å². The van der Waals surface area contributed by atoms with E-state index >= 15 is 0 Å². The summed E-state index contributed by atoms with van der Waals surface area (Å²) in [4.78, 5) is 0. The summed E-state index contributed by atoms with van der Waals surface area (Å²) in [6.45, 7) is 7.37. The van der Waals surface area contributed by atoms with Crippen LogP contribution in [0.3, 0.4) is 0 Å². The second-order valence-electron chi connectivity index (χ2n) is 6.13. The van der Waals surface area contributed by atoms with E-state index in [-0.39, 0.29) is 0 Å². The van der Waals surface area contributed by atoms with Crippen molar-refractivity contribution in [2.45, 2.75) is 52.1 Å². The minimum Gasteiger partial charge on any atom is -0.310 e. The highest BCUT2D eigenvalue weighted by Crippen LogP contribution is 2.39. The monoisotopic (exact) mass is 269 g/mol. The van der Waals surface area contributed by atoms with Gasteiger partial charge in [0.15, 0.2) is 0 Å². The summed E-state index contributed by atoms with van der Waals surface area (Å²) in [5.74, 6) is 0.707. The van der Waals surface area contributed by atoms with Crippen molar-refractivity contribution < 1.29 is 0 Å². The van der Waals surface area contributed by atoms with Crippen molar-refractivity contribution in [3.63, 3.8) is 0 Å². The summed E-state index contributed by atoms with van der Waals surface area (Å²) < 4.78 is 2.03. The van der Waals surface area contributed by atoms with E-state index in [0.29, 0.717) is 12.0 Å². The minimum absolute atomic E-state index is 0.489. The maximum atomic E-state index is 4.75. The van der Waals surface area contributed by atoms with Crippen molar-refractivity contribution in [3.05, 3.63) is 47.3 Å². The van der Waals surface area contributed by atoms with Crippen molar-refractivity contribution in [2.24, 2.45) is 0 Å². The molecule has 106 valence electrons. The normalized spacial score (nSPS) is 15.0. The fraction of sp³-hybridized carbons (Fsp3) is 0.471. The molecular weight excluding hydrogens is 246 g/mol. The smallest absolute Gasteiger partial charge is 0.0690 e. The molecule has 1 aromatic carbocycles. The van der Waals surface area contributed by atoms with Crippen LogP contribution < -0.4 is 5.32 Å². The number of rotatable bonds is 5. The lowest BCUT2D eigenvalue weighted by atomic mass is 10.1. The van der Waals surface area contributed by atoms with E-state index in [4.69, 9.17) is 5.10 Å². The van der Waals surface area contributed by atoms with Crippen LogP contribution >= 0.6 is 0 Å². The zero-order valence-corrected chi connectivity index (χ0v) is 12.6. The third-order valence-corrected chi connectivity index (χ3v) is 3.79. The summed E-state index contributed by atoms with van der Waals surface area (Å²) in [5, 5.41) is 8.25. The van der Waals surface area contributed by atoms with Gasteiger partial charge >= 0.3 is 0 Å². The Labute approximate surface area is 121 Å². The molecule has 1 aliphatic rings. The lowest BCUT2D eigenvalue weighted by Crippen LogP contribution is -2.22. The van der Waals surface area contributed by atoms with Gasteiger partial charge in [-0.1, -0.05) is 31.5 Å². The first kappa shape index (κ1) is 13.4. The van der Waals surface area contributed by atoms with Crippen LogP contribution in [-0.4, -0.2) is 15.8 Å². The van der Waals surface area contributed by atoms with Gasteiger partial charge in [-0.05, 0) is 37.5 Å². The average molecular weight is 269 g/mol. The molecule has 1 heterocycles. The molecule has 1 saturated carbocycles. The summed E-state index contributed by atoms with van der Waals surface area (Å²) >= 11 is 0. The molecule has 0 amide bonds. The Hall–Kier alpha value is -1.61. The van der Waals surface area contributed by atoms with Gasteiger partial charge < -0.3 is 5.32 Å². The van der Waals surface area contributed by atoms with E-state index in [0.717, 1.165) is 6.54 Å². The van der Waals surface area contributed by atoms with E-state index in [1.165, 1.54) is 35.3 Å². The van der Waals surface area contributed by atoms with Crippen LogP contribution in [0.4, 0.5) is 0 Å². The molecule has 0 radical (unpaired) electrons. The third kappa shape index (κ3) is 2.93. The first-order valence-corrected chi connectivity index (χ1v) is 7.52. The molecule has 0 atom stereocenters. The first-order chi connectivity index (χ1) is 9.63. The van der Waals surface area contributed by atoms with E-state index in [2.05, 4.69) is 56.6 Å². The summed E-state index contributed by atoms with van der Waals surface area (Å²) in [5.41, 5.74) is 5.04. The average Bonchev–Trinajstić information content (AvgIpc) is 3.15. The number of aryl methyl sites for hydroxylation is 1. The van der Waals surface area contributed by atoms with E-state index < -0.39 is 0 Å². The first-order valence-electron chi connectivity index (χ1n) is 7.52. The summed E-state index contributed by atoms with van der Waals surface area (Å²) in [6, 6.07) is 9.24. The SMILES string of the molecule is Cc1ccc(-n2ccc(C3CC3)n2)c(CNC(C)C)c1. The highest BCUT2D eigenvalue weighted by molar-refractivity contribution is 5.43. The molecule has 1 N–H and O–H groups in total. The van der Waals surface area contributed by atoms with Crippen LogP contribution in [0.2, 0.25) is 0 Å².